The molecule has 3 amide bonds. The second-order valence-corrected chi connectivity index (χ2v) is 6.78. The van der Waals surface area contributed by atoms with Crippen molar-refractivity contribution in [2.24, 2.45) is 0 Å². The molecule has 1 aliphatic rings. The van der Waals surface area contributed by atoms with Crippen LogP contribution in [0.3, 0.4) is 0 Å². The number of benzene rings is 1. The quantitative estimate of drug-likeness (QED) is 0.875. The second kappa shape index (κ2) is 7.90. The molecule has 0 fully saturated rings. The van der Waals surface area contributed by atoms with Gasteiger partial charge in [-0.2, -0.15) is 0 Å². The molecule has 1 aromatic rings. The summed E-state index contributed by atoms with van der Waals surface area (Å²) in [5.74, 6) is 0.0687. The predicted octanol–water partition coefficient (Wildman–Crippen LogP) is 2.67. The van der Waals surface area contributed by atoms with E-state index >= 15 is 0 Å². The molecule has 0 saturated carbocycles. The zero-order chi connectivity index (χ0) is 19.3. The van der Waals surface area contributed by atoms with E-state index in [0.717, 1.165) is 0 Å². The molecule has 1 heterocycles. The van der Waals surface area contributed by atoms with Crippen molar-refractivity contribution >= 4 is 18.1 Å². The van der Waals surface area contributed by atoms with Crippen LogP contribution in [0.25, 0.3) is 0 Å². The third-order valence-corrected chi connectivity index (χ3v) is 3.33. The van der Waals surface area contributed by atoms with Gasteiger partial charge in [-0.1, -0.05) is 18.2 Å². The average Bonchev–Trinajstić information content (AvgIpc) is 2.53. The first-order chi connectivity index (χ1) is 12.2. The van der Waals surface area contributed by atoms with Gasteiger partial charge < -0.3 is 14.8 Å². The van der Waals surface area contributed by atoms with Crippen LogP contribution in [0.4, 0.5) is 9.59 Å². The van der Waals surface area contributed by atoms with Crippen LogP contribution in [0.15, 0.2) is 42.4 Å². The third-order valence-electron chi connectivity index (χ3n) is 3.33. The van der Waals surface area contributed by atoms with Crippen LogP contribution in [0.2, 0.25) is 0 Å². The van der Waals surface area contributed by atoms with Crippen molar-refractivity contribution in [1.82, 2.24) is 15.1 Å². The summed E-state index contributed by atoms with van der Waals surface area (Å²) in [5.41, 5.74) is -0.501. The lowest BCUT2D eigenvalue weighted by Crippen LogP contribution is -2.47. The number of amides is 3. The molecule has 1 aromatic carbocycles. The minimum Gasteiger partial charge on any atom is -0.410 e. The highest BCUT2D eigenvalue weighted by atomic mass is 16.6. The number of alkyl carbamates (subject to hydrolysis) is 1. The molecule has 140 valence electrons. The van der Waals surface area contributed by atoms with Crippen LogP contribution in [0.1, 0.15) is 27.7 Å². The van der Waals surface area contributed by atoms with Crippen LogP contribution in [0, 0.1) is 0 Å². The number of carbonyl (C=O) groups is 3. The van der Waals surface area contributed by atoms with Gasteiger partial charge >= 0.3 is 12.2 Å². The van der Waals surface area contributed by atoms with E-state index in [1.165, 1.54) is 22.9 Å². The van der Waals surface area contributed by atoms with Crippen LogP contribution in [0.5, 0.6) is 5.75 Å². The number of carbonyl (C=O) groups excluding carboxylic acids is 3. The fraction of sp³-hybridized carbons (Fsp3) is 0.389. The van der Waals surface area contributed by atoms with Crippen molar-refractivity contribution in [3.8, 4) is 5.75 Å². The maximum absolute atomic E-state index is 12.3. The number of hydrogen-bond donors (Lipinski definition) is 1. The van der Waals surface area contributed by atoms with Gasteiger partial charge in [-0.05, 0) is 32.9 Å². The Kier molecular flexibility index (Phi) is 5.86. The lowest BCUT2D eigenvalue weighted by Gasteiger charge is -2.32. The molecule has 0 unspecified atom stereocenters. The maximum Gasteiger partial charge on any atom is 0.419 e. The number of nitrogens with one attached hydrogen (secondary N) is 1. The summed E-state index contributed by atoms with van der Waals surface area (Å²) in [7, 11) is 0. The average molecular weight is 361 g/mol. The van der Waals surface area contributed by atoms with Gasteiger partial charge in [-0.15, -0.1) is 0 Å². The Hall–Kier alpha value is -3.03. The molecule has 0 radical (unpaired) electrons. The van der Waals surface area contributed by atoms with E-state index in [1.54, 1.807) is 45.0 Å². The molecule has 8 nitrogen and oxygen atoms in total. The zero-order valence-corrected chi connectivity index (χ0v) is 15.3. The predicted molar refractivity (Wildman–Crippen MR) is 94.0 cm³/mol. The normalized spacial score (nSPS) is 14.4. The smallest absolute Gasteiger partial charge is 0.410 e. The van der Waals surface area contributed by atoms with Crippen molar-refractivity contribution in [3.05, 3.63) is 42.4 Å². The Morgan fingerprint density at radius 3 is 2.27 bits per heavy atom. The van der Waals surface area contributed by atoms with Gasteiger partial charge in [-0.25, -0.2) is 9.59 Å². The number of para-hydroxylation sites is 1. The van der Waals surface area contributed by atoms with Gasteiger partial charge in [0.2, 0.25) is 11.8 Å². The standard InChI is InChI=1S/C18H23N3O5/c1-13(22)21-11-10-20(17(24)25-14-8-6-5-7-9-14)12-15(21)26-16(23)19-18(2,3)4/h5-9,12H,10-11H2,1-4H3,(H,19,23). The molecule has 0 saturated heterocycles. The highest BCUT2D eigenvalue weighted by Gasteiger charge is 2.29. The van der Waals surface area contributed by atoms with Gasteiger partial charge in [0, 0.05) is 25.6 Å². The van der Waals surface area contributed by atoms with E-state index in [9.17, 15) is 14.4 Å². The molecule has 0 aliphatic carbocycles. The van der Waals surface area contributed by atoms with Crippen molar-refractivity contribution in [2.45, 2.75) is 33.2 Å². The first kappa shape index (κ1) is 19.3. The van der Waals surface area contributed by atoms with Crippen LogP contribution in [-0.2, 0) is 9.53 Å². The highest BCUT2D eigenvalue weighted by Crippen LogP contribution is 2.17. The summed E-state index contributed by atoms with van der Waals surface area (Å²) < 4.78 is 10.5. The van der Waals surface area contributed by atoms with E-state index in [-0.39, 0.29) is 24.9 Å². The van der Waals surface area contributed by atoms with Gasteiger partial charge in [0.05, 0.1) is 6.20 Å². The monoisotopic (exact) mass is 361 g/mol. The lowest BCUT2D eigenvalue weighted by atomic mass is 10.1. The molecule has 2 rings (SSSR count). The Morgan fingerprint density at radius 1 is 1.04 bits per heavy atom. The highest BCUT2D eigenvalue weighted by molar-refractivity contribution is 5.78. The van der Waals surface area contributed by atoms with Crippen LogP contribution in [-0.4, -0.2) is 46.5 Å². The van der Waals surface area contributed by atoms with Crippen LogP contribution >= 0.6 is 0 Å². The molecule has 1 aliphatic heterocycles. The van der Waals surface area contributed by atoms with E-state index in [4.69, 9.17) is 9.47 Å². The van der Waals surface area contributed by atoms with E-state index < -0.39 is 17.7 Å². The maximum atomic E-state index is 12.3. The number of hydrogen-bond acceptors (Lipinski definition) is 5. The molecule has 0 aromatic heterocycles. The Bertz CT molecular complexity index is 709. The van der Waals surface area contributed by atoms with E-state index in [1.807, 2.05) is 6.07 Å². The lowest BCUT2D eigenvalue weighted by molar-refractivity contribution is -0.129. The minimum atomic E-state index is -0.715. The third kappa shape index (κ3) is 5.51. The van der Waals surface area contributed by atoms with Crippen molar-refractivity contribution < 1.29 is 23.9 Å². The van der Waals surface area contributed by atoms with Crippen LogP contribution < -0.4 is 10.1 Å². The Labute approximate surface area is 152 Å². The molecule has 8 heteroatoms. The first-order valence-electron chi connectivity index (χ1n) is 8.19. The molecular formula is C18H23N3O5. The SMILES string of the molecule is CC(=O)N1CCN(C(=O)Oc2ccccc2)C=C1OC(=O)NC(C)(C)C. The fourth-order valence-corrected chi connectivity index (χ4v) is 2.20. The largest absolute Gasteiger partial charge is 0.419 e. The number of nitrogens with zero attached hydrogens (tertiary/aromatic N) is 2. The first-order valence-corrected chi connectivity index (χ1v) is 8.19. The van der Waals surface area contributed by atoms with Crippen molar-refractivity contribution in [3.63, 3.8) is 0 Å². The summed E-state index contributed by atoms with van der Waals surface area (Å²) in [6.07, 6.45) is -0.0525. The number of rotatable bonds is 2. The summed E-state index contributed by atoms with van der Waals surface area (Å²) in [4.78, 5) is 38.6. The van der Waals surface area contributed by atoms with Crippen molar-refractivity contribution in [2.75, 3.05) is 13.1 Å². The Morgan fingerprint density at radius 2 is 1.69 bits per heavy atom. The summed E-state index contributed by atoms with van der Waals surface area (Å²) >= 11 is 0. The molecule has 0 atom stereocenters. The topological polar surface area (TPSA) is 88.2 Å². The number of ether oxygens (including phenoxy) is 2. The minimum absolute atomic E-state index is 0.0319. The van der Waals surface area contributed by atoms with E-state index in [0.29, 0.717) is 5.75 Å². The van der Waals surface area contributed by atoms with Gasteiger partial charge in [0.1, 0.15) is 5.75 Å². The Balaban J connectivity index is 2.13. The van der Waals surface area contributed by atoms with Gasteiger partial charge in [0.25, 0.3) is 0 Å². The molecule has 0 spiro atoms. The zero-order valence-electron chi connectivity index (χ0n) is 15.3. The summed E-state index contributed by atoms with van der Waals surface area (Å²) in [6, 6.07) is 8.61. The van der Waals surface area contributed by atoms with Gasteiger partial charge in [0.15, 0.2) is 0 Å². The molecular weight excluding hydrogens is 338 g/mol. The van der Waals surface area contributed by atoms with Gasteiger partial charge in [-0.3, -0.25) is 14.6 Å². The molecule has 0 bridgehead atoms. The summed E-state index contributed by atoms with van der Waals surface area (Å²) in [5, 5.41) is 2.64. The van der Waals surface area contributed by atoms with Crippen molar-refractivity contribution in [1.29, 1.82) is 0 Å². The second-order valence-electron chi connectivity index (χ2n) is 6.78. The molecule has 26 heavy (non-hydrogen) atoms. The fourth-order valence-electron chi connectivity index (χ4n) is 2.20. The van der Waals surface area contributed by atoms with E-state index in [2.05, 4.69) is 5.32 Å². The molecule has 1 N–H and O–H groups in total. The summed E-state index contributed by atoms with van der Waals surface area (Å²) in [6.45, 7) is 7.17.